The molecule has 10 heteroatoms. The summed E-state index contributed by atoms with van der Waals surface area (Å²) in [7, 11) is 3.10. The minimum atomic E-state index is -0.379. The first kappa shape index (κ1) is 22.4. The Bertz CT molecular complexity index is 1560. The molecule has 3 aromatic heterocycles. The Morgan fingerprint density at radius 1 is 1.00 bits per heavy atom. The number of imidazole rings is 1. The number of amides is 1. The quantitative estimate of drug-likeness (QED) is 0.373. The lowest BCUT2D eigenvalue weighted by Crippen LogP contribution is -2.29. The number of nitrogens with one attached hydrogen (secondary N) is 1. The number of carbonyl (C=O) groups excluding carboxylic acids is 1. The summed E-state index contributed by atoms with van der Waals surface area (Å²) in [6, 6.07) is 15.7. The normalized spacial score (nSPS) is 10.9. The summed E-state index contributed by atoms with van der Waals surface area (Å²) in [6.07, 6.45) is 3.89. The van der Waals surface area contributed by atoms with E-state index in [1.165, 1.54) is 6.07 Å². The lowest BCUT2D eigenvalue weighted by Gasteiger charge is -2.11. The molecule has 0 aliphatic carbocycles. The third-order valence-corrected chi connectivity index (χ3v) is 6.15. The van der Waals surface area contributed by atoms with Crippen LogP contribution in [0, 0.1) is 0 Å². The van der Waals surface area contributed by atoms with Crippen molar-refractivity contribution in [3.8, 4) is 34.0 Å². The molecule has 0 fully saturated rings. The average molecular weight is 488 g/mol. The molecule has 0 radical (unpaired) electrons. The monoisotopic (exact) mass is 487 g/mol. The van der Waals surface area contributed by atoms with Crippen LogP contribution >= 0.6 is 11.3 Å². The highest BCUT2D eigenvalue weighted by Crippen LogP contribution is 2.31. The molecule has 35 heavy (non-hydrogen) atoms. The van der Waals surface area contributed by atoms with E-state index >= 15 is 0 Å². The molecule has 3 heterocycles. The summed E-state index contributed by atoms with van der Waals surface area (Å²) in [5.74, 6) is 0.758. The van der Waals surface area contributed by atoms with Crippen molar-refractivity contribution in [3.05, 3.63) is 82.7 Å². The first-order valence-electron chi connectivity index (χ1n) is 10.7. The Morgan fingerprint density at radius 2 is 1.83 bits per heavy atom. The number of rotatable bonds is 7. The SMILES string of the molecule is COc1ccc(-c2ccc(=O)n(CC(=O)Nc3cccc(-c4cn5ccsc5n4)c3)n2)cc1OC. The van der Waals surface area contributed by atoms with Gasteiger partial charge in [0.15, 0.2) is 16.5 Å². The maximum Gasteiger partial charge on any atom is 0.267 e. The number of methoxy groups -OCH3 is 2. The molecular formula is C25H21N5O4S. The Hall–Kier alpha value is -4.44. The number of benzene rings is 2. The summed E-state index contributed by atoms with van der Waals surface area (Å²) < 4.78 is 13.7. The number of fused-ring (bicyclic) bond motifs is 1. The molecule has 0 unspecified atom stereocenters. The number of anilines is 1. The van der Waals surface area contributed by atoms with Crippen LogP contribution in [0.5, 0.6) is 11.5 Å². The third-order valence-electron chi connectivity index (χ3n) is 5.37. The van der Waals surface area contributed by atoms with Crippen LogP contribution in [0.3, 0.4) is 0 Å². The number of ether oxygens (including phenoxy) is 2. The molecule has 1 amide bonds. The van der Waals surface area contributed by atoms with Gasteiger partial charge in [-0.15, -0.1) is 11.3 Å². The van der Waals surface area contributed by atoms with Gasteiger partial charge >= 0.3 is 0 Å². The highest BCUT2D eigenvalue weighted by atomic mass is 32.1. The van der Waals surface area contributed by atoms with Crippen LogP contribution in [0.4, 0.5) is 5.69 Å². The second-order valence-corrected chi connectivity index (χ2v) is 8.51. The summed E-state index contributed by atoms with van der Waals surface area (Å²) in [4.78, 5) is 30.6. The molecule has 1 N–H and O–H groups in total. The van der Waals surface area contributed by atoms with Crippen molar-refractivity contribution in [2.24, 2.45) is 0 Å². The second-order valence-electron chi connectivity index (χ2n) is 7.63. The molecule has 5 aromatic rings. The van der Waals surface area contributed by atoms with Crippen LogP contribution in [0.25, 0.3) is 27.5 Å². The van der Waals surface area contributed by atoms with Gasteiger partial charge in [-0.05, 0) is 36.4 Å². The molecule has 5 rings (SSSR count). The minimum absolute atomic E-state index is 0.232. The average Bonchev–Trinajstić information content (AvgIpc) is 3.48. The first-order chi connectivity index (χ1) is 17.0. The zero-order valence-corrected chi connectivity index (χ0v) is 19.8. The Kier molecular flexibility index (Phi) is 6.02. The number of aromatic nitrogens is 4. The fourth-order valence-electron chi connectivity index (χ4n) is 3.67. The Labute approximate surface area is 204 Å². The van der Waals surface area contributed by atoms with E-state index < -0.39 is 0 Å². The van der Waals surface area contributed by atoms with E-state index in [1.54, 1.807) is 49.8 Å². The van der Waals surface area contributed by atoms with Gasteiger partial charge in [0.2, 0.25) is 5.91 Å². The number of thiazole rings is 1. The van der Waals surface area contributed by atoms with Crippen molar-refractivity contribution in [2.45, 2.75) is 6.54 Å². The summed E-state index contributed by atoms with van der Waals surface area (Å²) in [5.41, 5.74) is 3.17. The molecule has 0 atom stereocenters. The van der Waals surface area contributed by atoms with Gasteiger partial charge in [-0.2, -0.15) is 5.10 Å². The lowest BCUT2D eigenvalue weighted by atomic mass is 10.1. The summed E-state index contributed by atoms with van der Waals surface area (Å²) in [6.45, 7) is -0.232. The van der Waals surface area contributed by atoms with Crippen molar-refractivity contribution in [2.75, 3.05) is 19.5 Å². The van der Waals surface area contributed by atoms with E-state index in [-0.39, 0.29) is 18.0 Å². The lowest BCUT2D eigenvalue weighted by molar-refractivity contribution is -0.117. The van der Waals surface area contributed by atoms with Crippen LogP contribution in [0.15, 0.2) is 77.2 Å². The van der Waals surface area contributed by atoms with Crippen LogP contribution < -0.4 is 20.3 Å². The van der Waals surface area contributed by atoms with Crippen molar-refractivity contribution >= 4 is 27.9 Å². The predicted molar refractivity (Wildman–Crippen MR) is 134 cm³/mol. The molecule has 9 nitrogen and oxygen atoms in total. The van der Waals surface area contributed by atoms with E-state index in [9.17, 15) is 9.59 Å². The van der Waals surface area contributed by atoms with Gasteiger partial charge in [0.25, 0.3) is 5.56 Å². The zero-order valence-electron chi connectivity index (χ0n) is 19.0. The van der Waals surface area contributed by atoms with Gasteiger partial charge in [-0.25, -0.2) is 9.67 Å². The standard InChI is InChI=1S/C25H21N5O4S/c1-33-21-8-6-17(13-22(21)34-2)19-7-9-24(32)30(28-19)15-23(31)26-18-5-3-4-16(12-18)20-14-29-10-11-35-25(29)27-20/h3-14H,15H2,1-2H3,(H,26,31). The largest absolute Gasteiger partial charge is 0.493 e. The molecule has 176 valence electrons. The predicted octanol–water partition coefficient (Wildman–Crippen LogP) is 3.94. The van der Waals surface area contributed by atoms with Crippen molar-refractivity contribution < 1.29 is 14.3 Å². The number of carbonyl (C=O) groups is 1. The Balaban J connectivity index is 1.34. The third kappa shape index (κ3) is 4.64. The van der Waals surface area contributed by atoms with Crippen molar-refractivity contribution in [1.29, 1.82) is 0 Å². The Morgan fingerprint density at radius 3 is 2.63 bits per heavy atom. The highest BCUT2D eigenvalue weighted by molar-refractivity contribution is 7.15. The smallest absolute Gasteiger partial charge is 0.267 e. The fourth-order valence-corrected chi connectivity index (χ4v) is 4.37. The van der Waals surface area contributed by atoms with Crippen LogP contribution in [-0.4, -0.2) is 39.3 Å². The van der Waals surface area contributed by atoms with Crippen LogP contribution in [0.2, 0.25) is 0 Å². The molecule has 0 saturated carbocycles. The summed E-state index contributed by atoms with van der Waals surface area (Å²) >= 11 is 1.55. The van der Waals surface area contributed by atoms with Gasteiger partial charge in [0, 0.05) is 40.7 Å². The van der Waals surface area contributed by atoms with Crippen molar-refractivity contribution in [3.63, 3.8) is 0 Å². The van der Waals surface area contributed by atoms with Gasteiger partial charge < -0.3 is 14.8 Å². The molecule has 0 aliphatic rings. The van der Waals surface area contributed by atoms with Crippen LogP contribution in [-0.2, 0) is 11.3 Å². The molecule has 2 aromatic carbocycles. The van der Waals surface area contributed by atoms with Gasteiger partial charge in [0.1, 0.15) is 6.54 Å². The highest BCUT2D eigenvalue weighted by Gasteiger charge is 2.12. The maximum atomic E-state index is 12.7. The molecule has 0 aliphatic heterocycles. The van der Waals surface area contributed by atoms with Gasteiger partial charge in [-0.1, -0.05) is 12.1 Å². The first-order valence-corrected chi connectivity index (χ1v) is 11.5. The van der Waals surface area contributed by atoms with Crippen molar-refractivity contribution in [1.82, 2.24) is 19.2 Å². The van der Waals surface area contributed by atoms with E-state index in [0.29, 0.717) is 22.9 Å². The molecule has 0 saturated heterocycles. The maximum absolute atomic E-state index is 12.7. The molecule has 0 spiro atoms. The van der Waals surface area contributed by atoms with E-state index in [2.05, 4.69) is 15.4 Å². The minimum Gasteiger partial charge on any atom is -0.493 e. The number of nitrogens with zero attached hydrogens (tertiary/aromatic N) is 4. The topological polar surface area (TPSA) is 99.8 Å². The zero-order chi connectivity index (χ0) is 24.4. The van der Waals surface area contributed by atoms with Crippen LogP contribution in [0.1, 0.15) is 0 Å². The summed E-state index contributed by atoms with van der Waals surface area (Å²) in [5, 5.41) is 9.19. The van der Waals surface area contributed by atoms with E-state index in [4.69, 9.17) is 9.47 Å². The molecule has 0 bridgehead atoms. The molecular weight excluding hydrogens is 466 g/mol. The second kappa shape index (κ2) is 9.43. The van der Waals surface area contributed by atoms with E-state index in [1.807, 2.05) is 46.4 Å². The van der Waals surface area contributed by atoms with Gasteiger partial charge in [0.05, 0.1) is 25.6 Å². The van der Waals surface area contributed by atoms with E-state index in [0.717, 1.165) is 26.5 Å². The fraction of sp³-hybridized carbons (Fsp3) is 0.120. The number of hydrogen-bond acceptors (Lipinski definition) is 7. The van der Waals surface area contributed by atoms with Gasteiger partial charge in [-0.3, -0.25) is 14.0 Å². The number of hydrogen-bond donors (Lipinski definition) is 1.